The molecule has 0 saturated carbocycles. The van der Waals surface area contributed by atoms with Gasteiger partial charge in [-0.1, -0.05) is 32.1 Å². The van der Waals surface area contributed by atoms with Crippen LogP contribution in [0.3, 0.4) is 0 Å². The van der Waals surface area contributed by atoms with E-state index in [0.717, 1.165) is 11.2 Å². The normalized spacial score (nSPS) is 16.7. The van der Waals surface area contributed by atoms with E-state index >= 15 is 0 Å². The Morgan fingerprint density at radius 3 is 2.73 bits per heavy atom. The molecule has 4 heteroatoms. The summed E-state index contributed by atoms with van der Waals surface area (Å²) in [5.74, 6) is 0.444. The first-order valence-electron chi connectivity index (χ1n) is 9.69. The van der Waals surface area contributed by atoms with E-state index < -0.39 is 0 Å². The molecule has 2 aromatic rings. The van der Waals surface area contributed by atoms with Crippen LogP contribution in [0, 0.1) is 0 Å². The van der Waals surface area contributed by atoms with E-state index in [-0.39, 0.29) is 5.83 Å². The molecule has 142 valence electrons. The number of aromatic amines is 1. The first kappa shape index (κ1) is 20.2. The van der Waals surface area contributed by atoms with Crippen molar-refractivity contribution in [2.24, 2.45) is 0 Å². The van der Waals surface area contributed by atoms with Gasteiger partial charge in [0.05, 0.1) is 0 Å². The lowest BCUT2D eigenvalue weighted by Crippen LogP contribution is -2.29. The fraction of sp³-hybridized carbons (Fsp3) is 0.455. The highest BCUT2D eigenvalue weighted by molar-refractivity contribution is 5.86. The molecule has 0 aliphatic carbocycles. The molecule has 1 aliphatic heterocycles. The van der Waals surface area contributed by atoms with Gasteiger partial charge in [0.2, 0.25) is 0 Å². The van der Waals surface area contributed by atoms with Gasteiger partial charge in [0.25, 0.3) is 0 Å². The Morgan fingerprint density at radius 1 is 1.31 bits per heavy atom. The van der Waals surface area contributed by atoms with Gasteiger partial charge < -0.3 is 15.2 Å². The van der Waals surface area contributed by atoms with Crippen LogP contribution in [0.2, 0.25) is 0 Å². The number of H-pyrrole nitrogens is 1. The van der Waals surface area contributed by atoms with Gasteiger partial charge in [-0.25, -0.2) is 4.39 Å². The number of nitrogens with one attached hydrogen (secondary N) is 2. The molecule has 1 fully saturated rings. The number of hydrogen-bond acceptors (Lipinski definition) is 2. The molecule has 3 rings (SSSR count). The number of nitrogens with zero attached hydrogens (tertiary/aromatic N) is 1. The number of rotatable bonds is 5. The van der Waals surface area contributed by atoms with E-state index in [0.29, 0.717) is 12.5 Å². The Morgan fingerprint density at radius 2 is 2.04 bits per heavy atom. The maximum absolute atomic E-state index is 13.0. The molecule has 1 aromatic heterocycles. The van der Waals surface area contributed by atoms with Gasteiger partial charge in [-0.05, 0) is 69.6 Å². The molecule has 0 amide bonds. The Balaban J connectivity index is 0.00000117. The van der Waals surface area contributed by atoms with Gasteiger partial charge in [-0.15, -0.1) is 0 Å². The van der Waals surface area contributed by atoms with Gasteiger partial charge in [0.15, 0.2) is 0 Å². The average Bonchev–Trinajstić information content (AvgIpc) is 3.10. The zero-order valence-electron chi connectivity index (χ0n) is 16.5. The van der Waals surface area contributed by atoms with E-state index in [4.69, 9.17) is 0 Å². The summed E-state index contributed by atoms with van der Waals surface area (Å²) >= 11 is 0. The maximum Gasteiger partial charge on any atom is 0.118 e. The molecule has 0 unspecified atom stereocenters. The van der Waals surface area contributed by atoms with Crippen LogP contribution in [0.5, 0.6) is 0 Å². The Bertz CT molecular complexity index is 737. The number of benzene rings is 1. The highest BCUT2D eigenvalue weighted by Gasteiger charge is 2.20. The lowest BCUT2D eigenvalue weighted by atomic mass is 9.89. The quantitative estimate of drug-likeness (QED) is 0.658. The highest BCUT2D eigenvalue weighted by atomic mass is 19.1. The number of allylic oxidation sites excluding steroid dienone is 3. The Kier molecular flexibility index (Phi) is 7.92. The summed E-state index contributed by atoms with van der Waals surface area (Å²) in [6.07, 6.45) is 9.35. The average molecular weight is 358 g/mol. The van der Waals surface area contributed by atoms with Crippen molar-refractivity contribution < 1.29 is 4.39 Å². The van der Waals surface area contributed by atoms with Gasteiger partial charge in [-0.3, -0.25) is 0 Å². The van der Waals surface area contributed by atoms with Crippen molar-refractivity contribution in [3.8, 4) is 0 Å². The van der Waals surface area contributed by atoms with Crippen molar-refractivity contribution in [3.05, 3.63) is 54.0 Å². The predicted molar refractivity (Wildman–Crippen MR) is 112 cm³/mol. The van der Waals surface area contributed by atoms with Crippen LogP contribution >= 0.6 is 0 Å². The number of piperidine rings is 1. The van der Waals surface area contributed by atoms with E-state index in [1.54, 1.807) is 13.0 Å². The summed E-state index contributed by atoms with van der Waals surface area (Å²) in [7, 11) is 2.19. The molecule has 0 radical (unpaired) electrons. The third-order valence-corrected chi connectivity index (χ3v) is 4.85. The maximum atomic E-state index is 13.0. The standard InChI is InChI=1S/C20H26FN3.C2H6/c1-3-16(21)5-4-10-22-17-6-7-18-19(14-23-20(18)13-17)15-8-11-24(2)12-9-15;1-2/h3-7,13-15,22-23H,8-12H2,1-2H3;1-2H3/b5-4-,16-3+;. The zero-order valence-corrected chi connectivity index (χ0v) is 16.5. The summed E-state index contributed by atoms with van der Waals surface area (Å²) in [4.78, 5) is 5.81. The van der Waals surface area contributed by atoms with Crippen molar-refractivity contribution in [3.63, 3.8) is 0 Å². The molecule has 0 spiro atoms. The van der Waals surface area contributed by atoms with Crippen molar-refractivity contribution in [1.29, 1.82) is 0 Å². The van der Waals surface area contributed by atoms with E-state index in [2.05, 4.69) is 46.6 Å². The summed E-state index contributed by atoms with van der Waals surface area (Å²) in [6.45, 7) is 8.64. The fourth-order valence-electron chi connectivity index (χ4n) is 3.36. The molecule has 1 aromatic carbocycles. The van der Waals surface area contributed by atoms with Crippen LogP contribution in [-0.2, 0) is 0 Å². The topological polar surface area (TPSA) is 31.1 Å². The predicted octanol–water partition coefficient (Wildman–Crippen LogP) is 5.84. The Hall–Kier alpha value is -2.07. The molecule has 2 N–H and O–H groups in total. The SMILES string of the molecule is C/C=C(F)\C=C/CNc1ccc2c(C3CCN(C)CC3)c[nH]c2c1.CC. The third-order valence-electron chi connectivity index (χ3n) is 4.85. The molecule has 1 aliphatic rings. The second-order valence-electron chi connectivity index (χ2n) is 6.54. The van der Waals surface area contributed by atoms with Crippen LogP contribution in [0.4, 0.5) is 10.1 Å². The first-order chi connectivity index (χ1) is 12.7. The zero-order chi connectivity index (χ0) is 18.9. The smallest absolute Gasteiger partial charge is 0.118 e. The van der Waals surface area contributed by atoms with Gasteiger partial charge in [0, 0.05) is 29.3 Å². The Labute approximate surface area is 157 Å². The first-order valence-corrected chi connectivity index (χ1v) is 9.69. The number of halogens is 1. The summed E-state index contributed by atoms with van der Waals surface area (Å²) in [6, 6.07) is 6.43. The highest BCUT2D eigenvalue weighted by Crippen LogP contribution is 2.33. The number of hydrogen-bond donors (Lipinski definition) is 2. The van der Waals surface area contributed by atoms with Gasteiger partial charge >= 0.3 is 0 Å². The van der Waals surface area contributed by atoms with Crippen LogP contribution in [0.25, 0.3) is 10.9 Å². The van der Waals surface area contributed by atoms with Crippen molar-refractivity contribution >= 4 is 16.6 Å². The van der Waals surface area contributed by atoms with Crippen LogP contribution in [-0.4, -0.2) is 36.6 Å². The minimum absolute atomic E-state index is 0.209. The number of likely N-dealkylation sites (tertiary alicyclic amines) is 1. The molecule has 26 heavy (non-hydrogen) atoms. The molecule has 0 bridgehead atoms. The monoisotopic (exact) mass is 357 g/mol. The third kappa shape index (κ3) is 5.21. The summed E-state index contributed by atoms with van der Waals surface area (Å²) in [5.41, 5.74) is 3.65. The molecule has 0 atom stereocenters. The minimum Gasteiger partial charge on any atom is -0.381 e. The van der Waals surface area contributed by atoms with E-state index in [1.165, 1.54) is 49.0 Å². The number of aromatic nitrogens is 1. The largest absolute Gasteiger partial charge is 0.381 e. The fourth-order valence-corrected chi connectivity index (χ4v) is 3.36. The molecular weight excluding hydrogens is 325 g/mol. The number of fused-ring (bicyclic) bond motifs is 1. The molecule has 3 nitrogen and oxygen atoms in total. The van der Waals surface area contributed by atoms with E-state index in [9.17, 15) is 4.39 Å². The van der Waals surface area contributed by atoms with Crippen molar-refractivity contribution in [2.45, 2.75) is 39.5 Å². The van der Waals surface area contributed by atoms with Crippen molar-refractivity contribution in [2.75, 3.05) is 32.0 Å². The van der Waals surface area contributed by atoms with Gasteiger partial charge in [0.1, 0.15) is 5.83 Å². The molecule has 1 saturated heterocycles. The van der Waals surface area contributed by atoms with Crippen LogP contribution in [0.15, 0.2) is 48.5 Å². The van der Waals surface area contributed by atoms with Crippen LogP contribution < -0.4 is 5.32 Å². The van der Waals surface area contributed by atoms with Crippen molar-refractivity contribution in [1.82, 2.24) is 9.88 Å². The van der Waals surface area contributed by atoms with Gasteiger partial charge in [-0.2, -0.15) is 0 Å². The second kappa shape index (κ2) is 10.2. The number of anilines is 1. The van der Waals surface area contributed by atoms with Crippen LogP contribution in [0.1, 0.15) is 45.1 Å². The summed E-state index contributed by atoms with van der Waals surface area (Å²) < 4.78 is 13.0. The minimum atomic E-state index is -0.209. The molecular formula is C22H32FN3. The van der Waals surface area contributed by atoms with E-state index in [1.807, 2.05) is 13.8 Å². The lowest BCUT2D eigenvalue weighted by molar-refractivity contribution is 0.256. The molecule has 2 heterocycles. The second-order valence-corrected chi connectivity index (χ2v) is 6.54. The summed E-state index contributed by atoms with van der Waals surface area (Å²) in [5, 5.41) is 4.63. The lowest BCUT2D eigenvalue weighted by Gasteiger charge is -2.28.